The SMILES string of the molecule is COc1cccc2c1CSC(C(C)C)C2O. The lowest BCUT2D eigenvalue weighted by Gasteiger charge is -2.32. The van der Waals surface area contributed by atoms with Crippen LogP contribution in [0.15, 0.2) is 18.2 Å². The molecule has 0 spiro atoms. The number of methoxy groups -OCH3 is 1. The number of ether oxygens (including phenoxy) is 1. The first-order valence-corrected chi connectivity index (χ1v) is 6.65. The number of aliphatic hydroxyl groups is 1. The van der Waals surface area contributed by atoms with E-state index in [9.17, 15) is 5.11 Å². The zero-order valence-electron chi connectivity index (χ0n) is 9.93. The standard InChI is InChI=1S/C13H18O2S/c1-8(2)13-12(14)9-5-4-6-11(15-3)10(9)7-16-13/h4-6,8,12-14H,7H2,1-3H3. The van der Waals surface area contributed by atoms with Gasteiger partial charge in [0, 0.05) is 16.6 Å². The Kier molecular flexibility index (Phi) is 3.45. The van der Waals surface area contributed by atoms with Gasteiger partial charge in [-0.3, -0.25) is 0 Å². The Balaban J connectivity index is 2.38. The Morgan fingerprint density at radius 2 is 2.19 bits per heavy atom. The summed E-state index contributed by atoms with van der Waals surface area (Å²) >= 11 is 1.82. The normalized spacial score (nSPS) is 24.3. The van der Waals surface area contributed by atoms with Crippen LogP contribution in [0.4, 0.5) is 0 Å². The second-order valence-electron chi connectivity index (χ2n) is 4.49. The zero-order valence-corrected chi connectivity index (χ0v) is 10.8. The maximum absolute atomic E-state index is 10.3. The number of thioether (sulfide) groups is 1. The maximum Gasteiger partial charge on any atom is 0.123 e. The molecule has 0 aliphatic carbocycles. The average Bonchev–Trinajstić information content (AvgIpc) is 2.28. The van der Waals surface area contributed by atoms with Crippen LogP contribution in [0.2, 0.25) is 0 Å². The number of benzene rings is 1. The fourth-order valence-electron chi connectivity index (χ4n) is 2.21. The summed E-state index contributed by atoms with van der Waals surface area (Å²) in [6.07, 6.45) is -0.371. The van der Waals surface area contributed by atoms with E-state index in [1.807, 2.05) is 30.0 Å². The highest BCUT2D eigenvalue weighted by molar-refractivity contribution is 7.99. The number of rotatable bonds is 2. The molecule has 0 fully saturated rings. The predicted octanol–water partition coefficient (Wildman–Crippen LogP) is 3.00. The van der Waals surface area contributed by atoms with Crippen molar-refractivity contribution in [2.45, 2.75) is 31.0 Å². The summed E-state index contributed by atoms with van der Waals surface area (Å²) in [6, 6.07) is 5.92. The maximum atomic E-state index is 10.3. The van der Waals surface area contributed by atoms with E-state index in [4.69, 9.17) is 4.74 Å². The highest BCUT2D eigenvalue weighted by Gasteiger charge is 2.31. The van der Waals surface area contributed by atoms with E-state index < -0.39 is 0 Å². The molecule has 0 aromatic heterocycles. The van der Waals surface area contributed by atoms with Gasteiger partial charge >= 0.3 is 0 Å². The fraction of sp³-hybridized carbons (Fsp3) is 0.538. The molecule has 1 aromatic carbocycles. The van der Waals surface area contributed by atoms with Gasteiger partial charge in [-0.05, 0) is 17.5 Å². The van der Waals surface area contributed by atoms with Gasteiger partial charge in [0.1, 0.15) is 5.75 Å². The molecule has 0 amide bonds. The summed E-state index contributed by atoms with van der Waals surface area (Å²) in [5.41, 5.74) is 2.19. The smallest absolute Gasteiger partial charge is 0.123 e. The van der Waals surface area contributed by atoms with Crippen molar-refractivity contribution < 1.29 is 9.84 Å². The van der Waals surface area contributed by atoms with Crippen LogP contribution in [0, 0.1) is 5.92 Å². The summed E-state index contributed by atoms with van der Waals surface area (Å²) in [5, 5.41) is 10.6. The first-order chi connectivity index (χ1) is 7.65. The molecule has 0 bridgehead atoms. The fourth-order valence-corrected chi connectivity index (χ4v) is 3.59. The number of hydrogen-bond donors (Lipinski definition) is 1. The van der Waals surface area contributed by atoms with Gasteiger partial charge < -0.3 is 9.84 Å². The molecule has 2 nitrogen and oxygen atoms in total. The van der Waals surface area contributed by atoms with Crippen LogP contribution in [0.3, 0.4) is 0 Å². The predicted molar refractivity (Wildman–Crippen MR) is 67.9 cm³/mol. The van der Waals surface area contributed by atoms with Crippen LogP contribution in [0.1, 0.15) is 31.1 Å². The second-order valence-corrected chi connectivity index (χ2v) is 5.66. The third-order valence-corrected chi connectivity index (χ3v) is 4.74. The Morgan fingerprint density at radius 3 is 2.81 bits per heavy atom. The molecular weight excluding hydrogens is 220 g/mol. The molecule has 1 aliphatic heterocycles. The topological polar surface area (TPSA) is 29.5 Å². The Bertz CT molecular complexity index is 376. The first-order valence-electron chi connectivity index (χ1n) is 5.60. The number of fused-ring (bicyclic) bond motifs is 1. The van der Waals surface area contributed by atoms with Gasteiger partial charge in [0.25, 0.3) is 0 Å². The molecule has 88 valence electrons. The minimum Gasteiger partial charge on any atom is -0.496 e. The second kappa shape index (κ2) is 4.68. The molecule has 2 atom stereocenters. The van der Waals surface area contributed by atoms with Crippen LogP contribution in [0.25, 0.3) is 0 Å². The van der Waals surface area contributed by atoms with Crippen LogP contribution < -0.4 is 4.74 Å². The highest BCUT2D eigenvalue weighted by atomic mass is 32.2. The molecule has 16 heavy (non-hydrogen) atoms. The largest absolute Gasteiger partial charge is 0.496 e. The molecule has 0 radical (unpaired) electrons. The Hall–Kier alpha value is -0.670. The summed E-state index contributed by atoms with van der Waals surface area (Å²) in [5.74, 6) is 2.31. The quantitative estimate of drug-likeness (QED) is 0.859. The zero-order chi connectivity index (χ0) is 11.7. The molecule has 1 aliphatic rings. The average molecular weight is 238 g/mol. The molecular formula is C13H18O2S. The minimum atomic E-state index is -0.371. The highest BCUT2D eigenvalue weighted by Crippen LogP contribution is 2.43. The van der Waals surface area contributed by atoms with E-state index in [-0.39, 0.29) is 6.10 Å². The monoisotopic (exact) mass is 238 g/mol. The molecule has 1 heterocycles. The molecule has 0 saturated carbocycles. The van der Waals surface area contributed by atoms with Crippen molar-refractivity contribution in [1.82, 2.24) is 0 Å². The van der Waals surface area contributed by atoms with Crippen LogP contribution in [-0.4, -0.2) is 17.5 Å². The van der Waals surface area contributed by atoms with Crippen LogP contribution in [0.5, 0.6) is 5.75 Å². The van der Waals surface area contributed by atoms with Gasteiger partial charge in [0.2, 0.25) is 0 Å². The van der Waals surface area contributed by atoms with E-state index >= 15 is 0 Å². The lowest BCUT2D eigenvalue weighted by molar-refractivity contribution is 0.155. The van der Waals surface area contributed by atoms with Crippen LogP contribution >= 0.6 is 11.8 Å². The van der Waals surface area contributed by atoms with Gasteiger partial charge in [-0.1, -0.05) is 26.0 Å². The molecule has 1 aromatic rings. The Labute approximate surface area is 101 Å². The van der Waals surface area contributed by atoms with Crippen molar-refractivity contribution in [3.63, 3.8) is 0 Å². The molecule has 3 heteroatoms. The summed E-state index contributed by atoms with van der Waals surface area (Å²) < 4.78 is 5.33. The third kappa shape index (κ3) is 1.94. The lowest BCUT2D eigenvalue weighted by atomic mass is 9.94. The van der Waals surface area contributed by atoms with Crippen molar-refractivity contribution >= 4 is 11.8 Å². The van der Waals surface area contributed by atoms with Crippen molar-refractivity contribution in [1.29, 1.82) is 0 Å². The van der Waals surface area contributed by atoms with Gasteiger partial charge in [-0.25, -0.2) is 0 Å². The van der Waals surface area contributed by atoms with Gasteiger partial charge in [0.05, 0.1) is 13.2 Å². The number of hydrogen-bond acceptors (Lipinski definition) is 3. The van der Waals surface area contributed by atoms with Gasteiger partial charge in [-0.15, -0.1) is 0 Å². The van der Waals surface area contributed by atoms with E-state index in [1.54, 1.807) is 7.11 Å². The third-order valence-electron chi connectivity index (χ3n) is 3.10. The van der Waals surface area contributed by atoms with Gasteiger partial charge in [0.15, 0.2) is 0 Å². The lowest BCUT2D eigenvalue weighted by Crippen LogP contribution is -2.26. The first kappa shape index (κ1) is 11.8. The van der Waals surface area contributed by atoms with E-state index in [2.05, 4.69) is 13.8 Å². The summed E-state index contributed by atoms with van der Waals surface area (Å²) in [7, 11) is 1.68. The molecule has 1 N–H and O–H groups in total. The molecule has 2 unspecified atom stereocenters. The molecule has 2 rings (SSSR count). The van der Waals surface area contributed by atoms with E-state index in [0.717, 1.165) is 22.6 Å². The van der Waals surface area contributed by atoms with E-state index in [0.29, 0.717) is 11.2 Å². The van der Waals surface area contributed by atoms with Crippen LogP contribution in [-0.2, 0) is 5.75 Å². The van der Waals surface area contributed by atoms with Crippen molar-refractivity contribution in [3.05, 3.63) is 29.3 Å². The number of aliphatic hydroxyl groups excluding tert-OH is 1. The minimum absolute atomic E-state index is 0.291. The summed E-state index contributed by atoms with van der Waals surface area (Å²) in [6.45, 7) is 4.32. The molecule has 0 saturated heterocycles. The Morgan fingerprint density at radius 1 is 1.44 bits per heavy atom. The van der Waals surface area contributed by atoms with Gasteiger partial charge in [-0.2, -0.15) is 11.8 Å². The van der Waals surface area contributed by atoms with Crippen molar-refractivity contribution in [2.24, 2.45) is 5.92 Å². The summed E-state index contributed by atoms with van der Waals surface area (Å²) in [4.78, 5) is 0. The van der Waals surface area contributed by atoms with Crippen molar-refractivity contribution in [2.75, 3.05) is 7.11 Å². The van der Waals surface area contributed by atoms with E-state index in [1.165, 1.54) is 0 Å². The van der Waals surface area contributed by atoms with Crippen molar-refractivity contribution in [3.8, 4) is 5.75 Å².